The first-order valence-electron chi connectivity index (χ1n) is 5.21. The maximum atomic E-state index is 13.7. The molecule has 0 aliphatic heterocycles. The van der Waals surface area contributed by atoms with E-state index >= 15 is 0 Å². The highest BCUT2D eigenvalue weighted by Gasteiger charge is 2.21. The molecule has 0 N–H and O–H groups in total. The fourth-order valence-electron chi connectivity index (χ4n) is 1.46. The quantitative estimate of drug-likeness (QED) is 0.605. The number of carbonyl (C=O) groups is 1. The van der Waals surface area contributed by atoms with Crippen LogP contribution in [0, 0.1) is 8.83 Å². The molecule has 0 unspecified atom stereocenters. The van der Waals surface area contributed by atoms with Gasteiger partial charge in [0.05, 0.1) is 11.5 Å². The monoisotopic (exact) mass is 377 g/mol. The van der Waals surface area contributed by atoms with Crippen LogP contribution in [0.25, 0.3) is 10.4 Å². The number of thiazole rings is 1. The molecular weight excluding hydrogens is 368 g/mol. The summed E-state index contributed by atoms with van der Waals surface area (Å²) in [5.41, 5.74) is 0.553. The number of rotatable bonds is 3. The van der Waals surface area contributed by atoms with Gasteiger partial charge < -0.3 is 4.74 Å². The number of esters is 1. The number of halogens is 2. The second kappa shape index (κ2) is 5.75. The first-order chi connectivity index (χ1) is 8.63. The second-order valence-corrected chi connectivity index (χ2v) is 6.10. The summed E-state index contributed by atoms with van der Waals surface area (Å²) < 4.78 is 19.3. The number of nitrogens with zero attached hydrogens (tertiary/aromatic N) is 1. The molecule has 0 aliphatic carbocycles. The number of ether oxygens (including phenoxy) is 1. The summed E-state index contributed by atoms with van der Waals surface area (Å²) in [7, 11) is 0. The molecule has 18 heavy (non-hydrogen) atoms. The van der Waals surface area contributed by atoms with Crippen molar-refractivity contribution in [1.82, 2.24) is 4.98 Å². The van der Waals surface area contributed by atoms with E-state index in [4.69, 9.17) is 4.74 Å². The van der Waals surface area contributed by atoms with Crippen LogP contribution in [0.2, 0.25) is 0 Å². The lowest BCUT2D eigenvalue weighted by Gasteiger charge is -2.03. The third-order valence-electron chi connectivity index (χ3n) is 2.19. The number of benzene rings is 1. The average Bonchev–Trinajstić information content (AvgIpc) is 2.72. The molecule has 94 valence electrons. The molecule has 6 heteroatoms. The fourth-order valence-corrected chi connectivity index (χ4v) is 3.17. The van der Waals surface area contributed by atoms with Crippen molar-refractivity contribution in [3.8, 4) is 10.4 Å². The van der Waals surface area contributed by atoms with Gasteiger partial charge in [0.15, 0.2) is 8.71 Å². The van der Waals surface area contributed by atoms with Gasteiger partial charge in [0, 0.05) is 5.56 Å². The molecule has 2 aromatic rings. The number of carbonyl (C=O) groups excluding carboxylic acids is 1. The standard InChI is InChI=1S/C12H9FINO2S/c1-2-17-11(16)9-10(18-12(14)15-9)7-5-3-4-6-8(7)13/h3-6H,2H2,1H3. The highest BCUT2D eigenvalue weighted by atomic mass is 127. The summed E-state index contributed by atoms with van der Waals surface area (Å²) in [6, 6.07) is 6.31. The summed E-state index contributed by atoms with van der Waals surface area (Å²) in [4.78, 5) is 16.4. The summed E-state index contributed by atoms with van der Waals surface area (Å²) in [6.07, 6.45) is 0. The molecule has 0 spiro atoms. The molecule has 2 rings (SSSR count). The van der Waals surface area contributed by atoms with Crippen LogP contribution in [0.3, 0.4) is 0 Å². The van der Waals surface area contributed by atoms with Gasteiger partial charge in [-0.1, -0.05) is 18.2 Å². The van der Waals surface area contributed by atoms with Gasteiger partial charge in [0.2, 0.25) is 0 Å². The lowest BCUT2D eigenvalue weighted by atomic mass is 10.1. The van der Waals surface area contributed by atoms with Crippen LogP contribution in [-0.4, -0.2) is 17.6 Å². The number of hydrogen-bond donors (Lipinski definition) is 0. The predicted octanol–water partition coefficient (Wildman–Crippen LogP) is 3.73. The maximum absolute atomic E-state index is 13.7. The predicted molar refractivity (Wildman–Crippen MR) is 76.2 cm³/mol. The minimum Gasteiger partial charge on any atom is -0.461 e. The summed E-state index contributed by atoms with van der Waals surface area (Å²) in [5.74, 6) is -0.891. The Morgan fingerprint density at radius 2 is 2.22 bits per heavy atom. The van der Waals surface area contributed by atoms with Gasteiger partial charge >= 0.3 is 5.97 Å². The van der Waals surface area contributed by atoms with Crippen molar-refractivity contribution in [3.63, 3.8) is 0 Å². The van der Waals surface area contributed by atoms with Gasteiger partial charge in [-0.3, -0.25) is 0 Å². The second-order valence-electron chi connectivity index (χ2n) is 3.34. The van der Waals surface area contributed by atoms with Crippen LogP contribution in [0.15, 0.2) is 24.3 Å². The zero-order chi connectivity index (χ0) is 13.1. The Kier molecular flexibility index (Phi) is 4.28. The van der Waals surface area contributed by atoms with Crippen LogP contribution < -0.4 is 0 Å². The minimum atomic E-state index is -0.519. The fraction of sp³-hybridized carbons (Fsp3) is 0.167. The van der Waals surface area contributed by atoms with E-state index in [1.165, 1.54) is 17.4 Å². The molecule has 0 atom stereocenters. The topological polar surface area (TPSA) is 39.2 Å². The molecule has 1 aromatic heterocycles. The van der Waals surface area contributed by atoms with Gasteiger partial charge in [-0.25, -0.2) is 14.2 Å². The minimum absolute atomic E-state index is 0.177. The van der Waals surface area contributed by atoms with E-state index in [0.29, 0.717) is 13.5 Å². The molecule has 3 nitrogen and oxygen atoms in total. The highest BCUT2D eigenvalue weighted by molar-refractivity contribution is 14.1. The lowest BCUT2D eigenvalue weighted by Crippen LogP contribution is -2.06. The van der Waals surface area contributed by atoms with Gasteiger partial charge in [-0.15, -0.1) is 11.3 Å². The highest BCUT2D eigenvalue weighted by Crippen LogP contribution is 2.33. The zero-order valence-corrected chi connectivity index (χ0v) is 12.4. The lowest BCUT2D eigenvalue weighted by molar-refractivity contribution is 0.0521. The van der Waals surface area contributed by atoms with Gasteiger partial charge in [-0.2, -0.15) is 0 Å². The maximum Gasteiger partial charge on any atom is 0.358 e. The molecule has 0 bridgehead atoms. The third-order valence-corrected chi connectivity index (χ3v) is 3.97. The Morgan fingerprint density at radius 3 is 2.89 bits per heavy atom. The Balaban J connectivity index is 2.51. The number of hydrogen-bond acceptors (Lipinski definition) is 4. The van der Waals surface area contributed by atoms with Gasteiger partial charge in [0.25, 0.3) is 0 Å². The van der Waals surface area contributed by atoms with Crippen LogP contribution in [-0.2, 0) is 4.74 Å². The third kappa shape index (κ3) is 2.69. The van der Waals surface area contributed by atoms with Crippen molar-refractivity contribution >= 4 is 39.9 Å². The SMILES string of the molecule is CCOC(=O)c1nc(I)sc1-c1ccccc1F. The van der Waals surface area contributed by atoms with E-state index in [1.807, 2.05) is 22.6 Å². The molecule has 0 aliphatic rings. The van der Waals surface area contributed by atoms with E-state index in [2.05, 4.69) is 4.98 Å². The molecule has 1 aromatic carbocycles. The Morgan fingerprint density at radius 1 is 1.50 bits per heavy atom. The molecule has 0 radical (unpaired) electrons. The summed E-state index contributed by atoms with van der Waals surface area (Å²) in [6.45, 7) is 1.99. The largest absolute Gasteiger partial charge is 0.461 e. The molecule has 1 heterocycles. The van der Waals surface area contributed by atoms with Crippen molar-refractivity contribution in [2.75, 3.05) is 6.61 Å². The van der Waals surface area contributed by atoms with Crippen LogP contribution >= 0.6 is 33.9 Å². The normalized spacial score (nSPS) is 10.4. The average molecular weight is 377 g/mol. The van der Waals surface area contributed by atoms with Crippen molar-refractivity contribution in [1.29, 1.82) is 0 Å². The Hall–Kier alpha value is -1.02. The first kappa shape index (κ1) is 13.4. The molecular formula is C12H9FINO2S. The van der Waals surface area contributed by atoms with E-state index in [-0.39, 0.29) is 18.1 Å². The Labute approximate surface area is 121 Å². The summed E-state index contributed by atoms with van der Waals surface area (Å²) >= 11 is 3.27. The van der Waals surface area contributed by atoms with Crippen molar-refractivity contribution < 1.29 is 13.9 Å². The van der Waals surface area contributed by atoms with Crippen molar-refractivity contribution in [3.05, 3.63) is 38.8 Å². The van der Waals surface area contributed by atoms with Gasteiger partial charge in [-0.05, 0) is 35.6 Å². The number of aromatic nitrogens is 1. The Bertz CT molecular complexity index is 585. The van der Waals surface area contributed by atoms with Crippen LogP contribution in [0.4, 0.5) is 4.39 Å². The van der Waals surface area contributed by atoms with E-state index in [0.717, 1.165) is 0 Å². The summed E-state index contributed by atoms with van der Waals surface area (Å²) in [5, 5.41) is 0. The molecule has 0 saturated heterocycles. The van der Waals surface area contributed by atoms with Crippen LogP contribution in [0.5, 0.6) is 0 Å². The van der Waals surface area contributed by atoms with Gasteiger partial charge in [0.1, 0.15) is 5.82 Å². The molecule has 0 amide bonds. The van der Waals surface area contributed by atoms with E-state index in [1.54, 1.807) is 25.1 Å². The van der Waals surface area contributed by atoms with Crippen molar-refractivity contribution in [2.24, 2.45) is 0 Å². The van der Waals surface area contributed by atoms with E-state index in [9.17, 15) is 9.18 Å². The van der Waals surface area contributed by atoms with E-state index < -0.39 is 5.97 Å². The molecule has 0 saturated carbocycles. The van der Waals surface area contributed by atoms with Crippen LogP contribution in [0.1, 0.15) is 17.4 Å². The molecule has 0 fully saturated rings. The van der Waals surface area contributed by atoms with Crippen molar-refractivity contribution in [2.45, 2.75) is 6.92 Å². The first-order valence-corrected chi connectivity index (χ1v) is 7.11. The smallest absolute Gasteiger partial charge is 0.358 e. The zero-order valence-electron chi connectivity index (χ0n) is 9.44.